The molecule has 0 aliphatic heterocycles. The first-order chi connectivity index (χ1) is 22.1. The molecule has 0 spiro atoms. The van der Waals surface area contributed by atoms with Crippen LogP contribution in [-0.2, 0) is 17.6 Å². The predicted molar refractivity (Wildman–Crippen MR) is 173 cm³/mol. The van der Waals surface area contributed by atoms with E-state index in [0.29, 0.717) is 23.3 Å². The third-order valence-corrected chi connectivity index (χ3v) is 8.13. The van der Waals surface area contributed by atoms with Crippen LogP contribution in [0.5, 0.6) is 0 Å². The third-order valence-electron chi connectivity index (χ3n) is 8.13. The van der Waals surface area contributed by atoms with Crippen molar-refractivity contribution in [2.45, 2.75) is 58.5 Å². The molecule has 2 aliphatic carbocycles. The minimum absolute atomic E-state index is 0. The Labute approximate surface area is 301 Å². The number of fused-ring (bicyclic) bond motifs is 2. The van der Waals surface area contributed by atoms with E-state index in [9.17, 15) is 19.2 Å². The maximum absolute atomic E-state index is 12.4. The van der Waals surface area contributed by atoms with Gasteiger partial charge in [-0.25, -0.2) is 9.59 Å². The molecular formula is C36H37N4NaO7. The summed E-state index contributed by atoms with van der Waals surface area (Å²) < 4.78 is 5.03. The maximum atomic E-state index is 12.4. The molecule has 0 saturated carbocycles. The number of hydrogen-bond acceptors (Lipinski definition) is 8. The zero-order valence-electron chi connectivity index (χ0n) is 27.4. The van der Waals surface area contributed by atoms with E-state index in [-0.39, 0.29) is 70.5 Å². The number of carboxylic acid groups (broad SMARTS) is 1. The number of ether oxygens (including phenoxy) is 1. The second-order valence-electron chi connectivity index (χ2n) is 11.4. The molecule has 244 valence electrons. The van der Waals surface area contributed by atoms with Crippen molar-refractivity contribution < 1.29 is 64.1 Å². The summed E-state index contributed by atoms with van der Waals surface area (Å²) in [6.07, 6.45) is 6.48. The largest absolute Gasteiger partial charge is 1.00 e. The molecule has 2 aromatic carbocycles. The Kier molecular flexibility index (Phi) is 13.6. The standard InChI is InChI=1S/C19H20N2O3.C17H16N2O3.Na.H2O/c1-3-24-19(23)15-4-6-16-13(11-15)5-7-17(16)21-18(22)14-8-9-20-12(2)10-14;1-10-8-12(6-7-18-10)16(20)19-15-5-3-11-9-13(17(21)22)2-4-14(11)15;;/h4,6,8-11,17H,3,5,7H2,1-2H3,(H,21,22);2,4,6-9,15H,3,5H2,1H3,(H,19,20)(H,21,22);;1H2/q;;+1;/p-1. The average molecular weight is 661 g/mol. The number of carbonyl (C=O) groups excluding carboxylic acids is 3. The molecule has 0 radical (unpaired) electrons. The van der Waals surface area contributed by atoms with E-state index in [0.717, 1.165) is 59.3 Å². The van der Waals surface area contributed by atoms with Crippen LogP contribution in [0.4, 0.5) is 0 Å². The van der Waals surface area contributed by atoms with E-state index in [1.807, 2.05) is 26.0 Å². The van der Waals surface area contributed by atoms with Gasteiger partial charge in [-0.1, -0.05) is 12.1 Å². The average Bonchev–Trinajstić information content (AvgIpc) is 3.64. The number of benzene rings is 2. The number of nitrogens with one attached hydrogen (secondary N) is 2. The van der Waals surface area contributed by atoms with Crippen LogP contribution < -0.4 is 40.2 Å². The normalized spacial score (nSPS) is 15.2. The van der Waals surface area contributed by atoms with Gasteiger partial charge >= 0.3 is 41.5 Å². The zero-order valence-corrected chi connectivity index (χ0v) is 29.4. The summed E-state index contributed by atoms with van der Waals surface area (Å²) >= 11 is 0. The first-order valence-corrected chi connectivity index (χ1v) is 15.3. The summed E-state index contributed by atoms with van der Waals surface area (Å²) in [5, 5.41) is 15.1. The van der Waals surface area contributed by atoms with E-state index in [2.05, 4.69) is 20.6 Å². The number of nitrogens with zero attached hydrogens (tertiary/aromatic N) is 2. The SMILES string of the molecule is CCOC(=O)c1ccc2c(c1)CCC2NC(=O)c1ccnc(C)c1.Cc1cc(C(=O)NC2CCc3cc(C(=O)O)ccc32)ccn1.[Na+].[OH-]. The smallest absolute Gasteiger partial charge is 0.870 e. The summed E-state index contributed by atoms with van der Waals surface area (Å²) in [5.41, 5.74) is 7.82. The molecule has 2 aromatic heterocycles. The first kappa shape index (κ1) is 38.0. The Morgan fingerprint density at radius 3 is 1.62 bits per heavy atom. The maximum Gasteiger partial charge on any atom is 1.00 e. The second kappa shape index (κ2) is 17.1. The quantitative estimate of drug-likeness (QED) is 0.198. The molecule has 0 fully saturated rings. The van der Waals surface area contributed by atoms with Crippen molar-refractivity contribution in [2.75, 3.05) is 6.61 Å². The van der Waals surface area contributed by atoms with Gasteiger partial charge < -0.3 is 26.0 Å². The number of hydrogen-bond donors (Lipinski definition) is 3. The summed E-state index contributed by atoms with van der Waals surface area (Å²) in [4.78, 5) is 55.7. The van der Waals surface area contributed by atoms with Gasteiger partial charge in [0.2, 0.25) is 0 Å². The summed E-state index contributed by atoms with van der Waals surface area (Å²) in [7, 11) is 0. The fourth-order valence-electron chi connectivity index (χ4n) is 5.87. The van der Waals surface area contributed by atoms with Crippen molar-refractivity contribution in [3.8, 4) is 0 Å². The predicted octanol–water partition coefficient (Wildman–Crippen LogP) is 2.32. The van der Waals surface area contributed by atoms with Gasteiger partial charge in [-0.3, -0.25) is 19.6 Å². The van der Waals surface area contributed by atoms with Gasteiger partial charge in [0.15, 0.2) is 0 Å². The van der Waals surface area contributed by atoms with Crippen LogP contribution in [0.15, 0.2) is 73.1 Å². The number of esters is 1. The fourth-order valence-corrected chi connectivity index (χ4v) is 5.87. The molecule has 2 heterocycles. The topological polar surface area (TPSA) is 178 Å². The van der Waals surface area contributed by atoms with Gasteiger partial charge in [0.05, 0.1) is 29.8 Å². The van der Waals surface area contributed by atoms with Gasteiger partial charge in [-0.15, -0.1) is 0 Å². The molecule has 0 saturated heterocycles. The molecule has 0 bridgehead atoms. The zero-order chi connectivity index (χ0) is 32.8. The Bertz CT molecular complexity index is 1810. The van der Waals surface area contributed by atoms with Gasteiger partial charge in [0.25, 0.3) is 11.8 Å². The molecule has 12 heteroatoms. The van der Waals surface area contributed by atoms with Crippen molar-refractivity contribution in [3.63, 3.8) is 0 Å². The molecule has 2 unspecified atom stereocenters. The van der Waals surface area contributed by atoms with Gasteiger partial charge in [0, 0.05) is 34.9 Å². The number of aryl methyl sites for hydroxylation is 4. The van der Waals surface area contributed by atoms with Crippen molar-refractivity contribution >= 4 is 23.8 Å². The van der Waals surface area contributed by atoms with Crippen LogP contribution in [0.2, 0.25) is 0 Å². The van der Waals surface area contributed by atoms with E-state index in [1.54, 1.807) is 67.8 Å². The van der Waals surface area contributed by atoms with Gasteiger partial charge in [-0.2, -0.15) is 0 Å². The molecule has 6 rings (SSSR count). The minimum atomic E-state index is -0.928. The number of amides is 2. The van der Waals surface area contributed by atoms with Gasteiger partial charge in [-0.05, 0) is 117 Å². The van der Waals surface area contributed by atoms with E-state index < -0.39 is 5.97 Å². The summed E-state index contributed by atoms with van der Waals surface area (Å²) in [6.45, 7) is 5.85. The number of aromatic nitrogens is 2. The van der Waals surface area contributed by atoms with Gasteiger partial charge in [0.1, 0.15) is 0 Å². The number of carbonyl (C=O) groups is 4. The Hall–Kier alpha value is -4.42. The monoisotopic (exact) mass is 660 g/mol. The number of rotatable bonds is 7. The van der Waals surface area contributed by atoms with Crippen molar-refractivity contribution in [1.82, 2.24) is 20.6 Å². The molecular weight excluding hydrogens is 623 g/mol. The summed E-state index contributed by atoms with van der Waals surface area (Å²) in [6, 6.07) is 17.4. The Morgan fingerprint density at radius 1 is 0.729 bits per heavy atom. The van der Waals surface area contributed by atoms with Crippen LogP contribution in [0, 0.1) is 13.8 Å². The van der Waals surface area contributed by atoms with Crippen molar-refractivity contribution in [2.24, 2.45) is 0 Å². The van der Waals surface area contributed by atoms with E-state index >= 15 is 0 Å². The number of pyridine rings is 2. The van der Waals surface area contributed by atoms with Crippen LogP contribution >= 0.6 is 0 Å². The third kappa shape index (κ3) is 9.13. The molecule has 4 N–H and O–H groups in total. The molecule has 48 heavy (non-hydrogen) atoms. The molecule has 11 nitrogen and oxygen atoms in total. The number of carboxylic acids is 1. The van der Waals surface area contributed by atoms with E-state index in [4.69, 9.17) is 9.84 Å². The molecule has 2 aliphatic rings. The van der Waals surface area contributed by atoms with Crippen molar-refractivity contribution in [3.05, 3.63) is 129 Å². The molecule has 2 atom stereocenters. The van der Waals surface area contributed by atoms with Crippen LogP contribution in [-0.4, -0.2) is 50.9 Å². The fraction of sp³-hybridized carbons (Fsp3) is 0.278. The minimum Gasteiger partial charge on any atom is -0.870 e. The van der Waals surface area contributed by atoms with Crippen LogP contribution in [0.3, 0.4) is 0 Å². The van der Waals surface area contributed by atoms with Crippen molar-refractivity contribution in [1.29, 1.82) is 0 Å². The Balaban J connectivity index is 0.000000251. The van der Waals surface area contributed by atoms with Crippen LogP contribution in [0.25, 0.3) is 0 Å². The Morgan fingerprint density at radius 2 is 1.19 bits per heavy atom. The van der Waals surface area contributed by atoms with Crippen LogP contribution in [0.1, 0.15) is 107 Å². The summed E-state index contributed by atoms with van der Waals surface area (Å²) in [5.74, 6) is -1.47. The first-order valence-electron chi connectivity index (χ1n) is 15.3. The number of aromatic carboxylic acids is 1. The molecule has 4 aromatic rings. The van der Waals surface area contributed by atoms with E-state index in [1.165, 1.54) is 0 Å². The second-order valence-corrected chi connectivity index (χ2v) is 11.4. The molecule has 2 amide bonds.